The zero-order valence-electron chi connectivity index (χ0n) is 16.3. The van der Waals surface area contributed by atoms with Crippen molar-refractivity contribution in [2.75, 3.05) is 13.2 Å². The average molecular weight is 394 g/mol. The molecule has 5 nitrogen and oxygen atoms in total. The fraction of sp³-hybridized carbons (Fsp3) is 0.304. The van der Waals surface area contributed by atoms with Gasteiger partial charge in [-0.3, -0.25) is 4.79 Å². The molecule has 1 aliphatic rings. The molecular formula is C23H23FN2O3. The van der Waals surface area contributed by atoms with E-state index in [2.05, 4.69) is 4.98 Å². The van der Waals surface area contributed by atoms with Crippen LogP contribution in [0.2, 0.25) is 0 Å². The number of aryl methyl sites for hydroxylation is 1. The Morgan fingerprint density at radius 3 is 2.72 bits per heavy atom. The number of likely N-dealkylation sites (tertiary alicyclic amines) is 1. The van der Waals surface area contributed by atoms with Gasteiger partial charge in [0, 0.05) is 13.0 Å². The first kappa shape index (κ1) is 19.2. The van der Waals surface area contributed by atoms with E-state index in [4.69, 9.17) is 9.15 Å². The highest BCUT2D eigenvalue weighted by atomic mass is 19.1. The molecule has 1 fully saturated rings. The molecule has 0 N–H and O–H groups in total. The highest BCUT2D eigenvalue weighted by molar-refractivity contribution is 5.78. The number of benzene rings is 2. The molecule has 1 saturated heterocycles. The van der Waals surface area contributed by atoms with Crippen LogP contribution in [0.25, 0.3) is 0 Å². The molecule has 150 valence electrons. The van der Waals surface area contributed by atoms with Crippen LogP contribution in [-0.4, -0.2) is 28.9 Å². The van der Waals surface area contributed by atoms with Crippen molar-refractivity contribution < 1.29 is 18.3 Å². The zero-order valence-corrected chi connectivity index (χ0v) is 16.3. The number of aromatic nitrogens is 1. The Morgan fingerprint density at radius 2 is 1.97 bits per heavy atom. The van der Waals surface area contributed by atoms with E-state index < -0.39 is 0 Å². The lowest BCUT2D eigenvalue weighted by molar-refractivity contribution is -0.134. The summed E-state index contributed by atoms with van der Waals surface area (Å²) in [4.78, 5) is 18.9. The molecule has 0 bridgehead atoms. The van der Waals surface area contributed by atoms with Crippen molar-refractivity contribution in [3.8, 4) is 5.75 Å². The van der Waals surface area contributed by atoms with E-state index in [9.17, 15) is 9.18 Å². The number of hydrogen-bond acceptors (Lipinski definition) is 4. The molecule has 2 aromatic carbocycles. The Bertz CT molecular complexity index is 967. The molecule has 0 unspecified atom stereocenters. The summed E-state index contributed by atoms with van der Waals surface area (Å²) in [6.07, 6.45) is 3.93. The van der Waals surface area contributed by atoms with Gasteiger partial charge in [0.05, 0.1) is 6.20 Å². The van der Waals surface area contributed by atoms with Gasteiger partial charge in [-0.25, -0.2) is 9.37 Å². The monoisotopic (exact) mass is 394 g/mol. The second-order valence-electron chi connectivity index (χ2n) is 7.31. The molecule has 0 radical (unpaired) electrons. The maximum atomic E-state index is 13.1. The Labute approximate surface area is 169 Å². The predicted molar refractivity (Wildman–Crippen MR) is 106 cm³/mol. The standard InChI is InChI=1S/C23H23FN2O3/c1-16-4-10-19(11-5-16)28-15-22(27)26-12-2-3-21(26)23-25-14-20(29-23)13-17-6-8-18(24)9-7-17/h4-11,14,21H,2-3,12-13,15H2,1H3/t21-/m1/s1. The molecule has 2 heterocycles. The molecule has 3 aromatic rings. The molecule has 0 aliphatic carbocycles. The molecule has 1 amide bonds. The van der Waals surface area contributed by atoms with Gasteiger partial charge in [0.1, 0.15) is 23.4 Å². The summed E-state index contributed by atoms with van der Waals surface area (Å²) < 4.78 is 24.6. The smallest absolute Gasteiger partial charge is 0.261 e. The summed E-state index contributed by atoms with van der Waals surface area (Å²) >= 11 is 0. The highest BCUT2D eigenvalue weighted by Gasteiger charge is 2.33. The van der Waals surface area contributed by atoms with Gasteiger partial charge in [-0.15, -0.1) is 0 Å². The van der Waals surface area contributed by atoms with Crippen molar-refractivity contribution >= 4 is 5.91 Å². The minimum absolute atomic E-state index is 0.0112. The van der Waals surface area contributed by atoms with Crippen LogP contribution >= 0.6 is 0 Å². The molecule has 6 heteroatoms. The van der Waals surface area contributed by atoms with E-state index in [1.54, 1.807) is 23.2 Å². The van der Waals surface area contributed by atoms with Crippen LogP contribution in [-0.2, 0) is 11.2 Å². The number of hydrogen-bond donors (Lipinski definition) is 0. The van der Waals surface area contributed by atoms with Gasteiger partial charge in [0.15, 0.2) is 6.61 Å². The summed E-state index contributed by atoms with van der Waals surface area (Å²) in [5.41, 5.74) is 2.09. The molecule has 0 spiro atoms. The minimum Gasteiger partial charge on any atom is -0.484 e. The molecule has 4 rings (SSSR count). The Morgan fingerprint density at radius 1 is 1.21 bits per heavy atom. The van der Waals surface area contributed by atoms with Crippen LogP contribution in [0.3, 0.4) is 0 Å². The van der Waals surface area contributed by atoms with Crippen LogP contribution in [0, 0.1) is 12.7 Å². The van der Waals surface area contributed by atoms with E-state index >= 15 is 0 Å². The van der Waals surface area contributed by atoms with E-state index in [0.717, 1.165) is 24.0 Å². The fourth-order valence-electron chi connectivity index (χ4n) is 3.55. The topological polar surface area (TPSA) is 55.6 Å². The lowest BCUT2D eigenvalue weighted by atomic mass is 10.1. The van der Waals surface area contributed by atoms with Gasteiger partial charge >= 0.3 is 0 Å². The van der Waals surface area contributed by atoms with Crippen LogP contribution in [0.15, 0.2) is 59.1 Å². The van der Waals surface area contributed by atoms with Crippen LogP contribution in [0.4, 0.5) is 4.39 Å². The Balaban J connectivity index is 1.38. The van der Waals surface area contributed by atoms with Gasteiger partial charge in [-0.05, 0) is 49.6 Å². The van der Waals surface area contributed by atoms with E-state index in [0.29, 0.717) is 30.4 Å². The number of amides is 1. The Kier molecular flexibility index (Phi) is 5.60. The molecular weight excluding hydrogens is 371 g/mol. The van der Waals surface area contributed by atoms with E-state index in [1.807, 2.05) is 31.2 Å². The number of carbonyl (C=O) groups excluding carboxylic acids is 1. The van der Waals surface area contributed by atoms with Gasteiger partial charge in [0.25, 0.3) is 5.91 Å². The normalized spacial score (nSPS) is 16.2. The summed E-state index contributed by atoms with van der Waals surface area (Å²) in [6.45, 7) is 2.66. The average Bonchev–Trinajstić information content (AvgIpc) is 3.38. The number of oxazole rings is 1. The van der Waals surface area contributed by atoms with Crippen molar-refractivity contribution in [3.05, 3.63) is 83.3 Å². The fourth-order valence-corrected chi connectivity index (χ4v) is 3.55. The number of ether oxygens (including phenoxy) is 1. The van der Waals surface area contributed by atoms with Crippen LogP contribution in [0.5, 0.6) is 5.75 Å². The first-order chi connectivity index (χ1) is 14.1. The maximum Gasteiger partial charge on any atom is 0.261 e. The second-order valence-corrected chi connectivity index (χ2v) is 7.31. The second kappa shape index (κ2) is 8.47. The quantitative estimate of drug-likeness (QED) is 0.620. The zero-order chi connectivity index (χ0) is 20.2. The number of halogens is 1. The third kappa shape index (κ3) is 4.65. The molecule has 1 aliphatic heterocycles. The summed E-state index contributed by atoms with van der Waals surface area (Å²) in [7, 11) is 0. The largest absolute Gasteiger partial charge is 0.484 e. The third-order valence-corrected chi connectivity index (χ3v) is 5.10. The number of nitrogens with zero attached hydrogens (tertiary/aromatic N) is 2. The van der Waals surface area contributed by atoms with Crippen LogP contribution < -0.4 is 4.74 Å². The van der Waals surface area contributed by atoms with Crippen molar-refractivity contribution in [1.29, 1.82) is 0 Å². The Hall–Kier alpha value is -3.15. The molecule has 29 heavy (non-hydrogen) atoms. The van der Waals surface area contributed by atoms with Gasteiger partial charge < -0.3 is 14.1 Å². The summed E-state index contributed by atoms with van der Waals surface area (Å²) in [5, 5.41) is 0. The number of carbonyl (C=O) groups is 1. The van der Waals surface area contributed by atoms with Gasteiger partial charge in [-0.2, -0.15) is 0 Å². The first-order valence-corrected chi connectivity index (χ1v) is 9.76. The SMILES string of the molecule is Cc1ccc(OCC(=O)N2CCC[C@@H]2c2ncc(Cc3ccc(F)cc3)o2)cc1. The molecule has 1 atom stereocenters. The first-order valence-electron chi connectivity index (χ1n) is 9.76. The third-order valence-electron chi connectivity index (χ3n) is 5.10. The highest BCUT2D eigenvalue weighted by Crippen LogP contribution is 2.32. The summed E-state index contributed by atoms with van der Waals surface area (Å²) in [6, 6.07) is 13.8. The van der Waals surface area contributed by atoms with Crippen molar-refractivity contribution in [2.45, 2.75) is 32.2 Å². The number of rotatable bonds is 6. The summed E-state index contributed by atoms with van der Waals surface area (Å²) in [5.74, 6) is 1.58. The van der Waals surface area contributed by atoms with Crippen LogP contribution in [0.1, 0.15) is 41.7 Å². The lowest BCUT2D eigenvalue weighted by Crippen LogP contribution is -2.34. The molecule has 1 aromatic heterocycles. The maximum absolute atomic E-state index is 13.1. The van der Waals surface area contributed by atoms with Crippen molar-refractivity contribution in [2.24, 2.45) is 0 Å². The van der Waals surface area contributed by atoms with Crippen molar-refractivity contribution in [1.82, 2.24) is 9.88 Å². The lowest BCUT2D eigenvalue weighted by Gasteiger charge is -2.22. The predicted octanol–water partition coefficient (Wildman–Crippen LogP) is 4.46. The molecule has 0 saturated carbocycles. The minimum atomic E-state index is -0.264. The van der Waals surface area contributed by atoms with E-state index in [1.165, 1.54) is 12.1 Å². The van der Waals surface area contributed by atoms with Gasteiger partial charge in [-0.1, -0.05) is 29.8 Å². The van der Waals surface area contributed by atoms with E-state index in [-0.39, 0.29) is 24.4 Å². The van der Waals surface area contributed by atoms with Gasteiger partial charge in [0.2, 0.25) is 5.89 Å². The van der Waals surface area contributed by atoms with Crippen molar-refractivity contribution in [3.63, 3.8) is 0 Å².